The maximum atomic E-state index is 12.3. The van der Waals surface area contributed by atoms with Crippen LogP contribution in [0.1, 0.15) is 37.2 Å². The average molecular weight is 261 g/mol. The fraction of sp³-hybridized carbons (Fsp3) is 0.667. The van der Waals surface area contributed by atoms with E-state index in [0.717, 1.165) is 25.6 Å². The summed E-state index contributed by atoms with van der Waals surface area (Å²) in [6.07, 6.45) is 2.65. The molecule has 1 aliphatic carbocycles. The lowest BCUT2D eigenvalue weighted by molar-refractivity contribution is -0.133. The Morgan fingerprint density at radius 1 is 1.37 bits per heavy atom. The van der Waals surface area contributed by atoms with Gasteiger partial charge in [-0.15, -0.1) is 0 Å². The van der Waals surface area contributed by atoms with Gasteiger partial charge >= 0.3 is 0 Å². The van der Waals surface area contributed by atoms with Crippen molar-refractivity contribution in [1.29, 1.82) is 0 Å². The molecule has 19 heavy (non-hydrogen) atoms. The van der Waals surface area contributed by atoms with Crippen molar-refractivity contribution in [2.24, 2.45) is 5.92 Å². The number of aromatic nitrogens is 1. The van der Waals surface area contributed by atoms with Crippen LogP contribution in [0, 0.1) is 12.8 Å². The average Bonchev–Trinajstić information content (AvgIpc) is 3.13. The molecule has 1 unspecified atom stereocenters. The number of hydrogen-bond acceptors (Lipinski definition) is 2. The predicted octanol–water partition coefficient (Wildman–Crippen LogP) is 1.70. The second kappa shape index (κ2) is 5.00. The summed E-state index contributed by atoms with van der Waals surface area (Å²) in [6, 6.07) is 4.49. The molecular weight excluding hydrogens is 238 g/mol. The van der Waals surface area contributed by atoms with Crippen LogP contribution < -0.4 is 5.32 Å². The summed E-state index contributed by atoms with van der Waals surface area (Å²) in [6.45, 7) is 7.50. The van der Waals surface area contributed by atoms with E-state index in [1.54, 1.807) is 0 Å². The Hall–Kier alpha value is -1.29. The largest absolute Gasteiger partial charge is 0.345 e. The van der Waals surface area contributed by atoms with Crippen LogP contribution >= 0.6 is 0 Å². The van der Waals surface area contributed by atoms with Crippen molar-refractivity contribution in [1.82, 2.24) is 14.8 Å². The summed E-state index contributed by atoms with van der Waals surface area (Å²) in [7, 11) is 0. The normalized spacial score (nSPS) is 22.4. The second-order valence-corrected chi connectivity index (χ2v) is 5.89. The molecule has 3 rings (SSSR count). The number of nitrogens with one attached hydrogen (secondary N) is 1. The minimum atomic E-state index is 0.192. The molecule has 1 saturated carbocycles. The molecule has 1 atom stereocenters. The Morgan fingerprint density at radius 2 is 2.16 bits per heavy atom. The van der Waals surface area contributed by atoms with Gasteiger partial charge in [-0.2, -0.15) is 0 Å². The first-order valence-corrected chi connectivity index (χ1v) is 7.33. The Bertz CT molecular complexity index is 476. The number of fused-ring (bicyclic) bond motifs is 1. The maximum Gasteiger partial charge on any atom is 0.237 e. The monoisotopic (exact) mass is 261 g/mol. The predicted molar refractivity (Wildman–Crippen MR) is 74.9 cm³/mol. The molecule has 1 aromatic rings. The van der Waals surface area contributed by atoms with Gasteiger partial charge in [-0.3, -0.25) is 4.79 Å². The van der Waals surface area contributed by atoms with Crippen molar-refractivity contribution in [2.45, 2.75) is 39.3 Å². The molecule has 1 fully saturated rings. The first-order valence-electron chi connectivity index (χ1n) is 7.33. The molecule has 1 aliphatic heterocycles. The van der Waals surface area contributed by atoms with Gasteiger partial charge in [0.1, 0.15) is 0 Å². The summed E-state index contributed by atoms with van der Waals surface area (Å²) >= 11 is 0. The van der Waals surface area contributed by atoms with Gasteiger partial charge in [0, 0.05) is 24.5 Å². The highest BCUT2D eigenvalue weighted by Gasteiger charge is 2.28. The summed E-state index contributed by atoms with van der Waals surface area (Å²) in [5.74, 6) is 1.06. The highest BCUT2D eigenvalue weighted by molar-refractivity contribution is 5.78. The van der Waals surface area contributed by atoms with E-state index in [-0.39, 0.29) is 11.9 Å². The molecule has 0 spiro atoms. The SMILES string of the molecule is Cc1ccc2n1CCN(C(=O)CNCC1CC1)C2C. The number of nitrogens with zero attached hydrogens (tertiary/aromatic N) is 2. The standard InChI is InChI=1S/C15H23N3O/c1-11-3-6-14-12(2)18(8-7-17(11)14)15(19)10-16-9-13-4-5-13/h3,6,12-13,16H,4-5,7-10H2,1-2H3. The molecule has 0 radical (unpaired) electrons. The van der Waals surface area contributed by atoms with Crippen molar-refractivity contribution >= 4 is 5.91 Å². The van der Waals surface area contributed by atoms with E-state index in [4.69, 9.17) is 0 Å². The molecule has 2 aliphatic rings. The van der Waals surface area contributed by atoms with Crippen LogP contribution in [0.15, 0.2) is 12.1 Å². The van der Waals surface area contributed by atoms with E-state index < -0.39 is 0 Å². The van der Waals surface area contributed by atoms with Crippen LogP contribution in [-0.2, 0) is 11.3 Å². The van der Waals surface area contributed by atoms with E-state index in [2.05, 4.69) is 35.9 Å². The third-order valence-electron chi connectivity index (χ3n) is 4.42. The van der Waals surface area contributed by atoms with Gasteiger partial charge < -0.3 is 14.8 Å². The fourth-order valence-corrected chi connectivity index (χ4v) is 2.97. The van der Waals surface area contributed by atoms with Gasteiger partial charge in [0.15, 0.2) is 0 Å². The number of hydrogen-bond donors (Lipinski definition) is 1. The van der Waals surface area contributed by atoms with E-state index in [0.29, 0.717) is 6.54 Å². The third kappa shape index (κ3) is 2.54. The van der Waals surface area contributed by atoms with Gasteiger partial charge in [-0.1, -0.05) is 0 Å². The molecule has 0 saturated heterocycles. The van der Waals surface area contributed by atoms with Crippen molar-refractivity contribution in [2.75, 3.05) is 19.6 Å². The molecular formula is C15H23N3O. The zero-order chi connectivity index (χ0) is 13.4. The fourth-order valence-electron chi connectivity index (χ4n) is 2.97. The van der Waals surface area contributed by atoms with Gasteiger partial charge in [0.05, 0.1) is 12.6 Å². The van der Waals surface area contributed by atoms with Gasteiger partial charge in [-0.25, -0.2) is 0 Å². The Morgan fingerprint density at radius 3 is 2.89 bits per heavy atom. The highest BCUT2D eigenvalue weighted by Crippen LogP contribution is 2.28. The van der Waals surface area contributed by atoms with Crippen LogP contribution in [-0.4, -0.2) is 35.0 Å². The smallest absolute Gasteiger partial charge is 0.237 e. The minimum Gasteiger partial charge on any atom is -0.345 e. The molecule has 104 valence electrons. The lowest BCUT2D eigenvalue weighted by Crippen LogP contribution is -2.45. The minimum absolute atomic E-state index is 0.192. The molecule has 0 aromatic carbocycles. The van der Waals surface area contributed by atoms with E-state index in [1.165, 1.54) is 24.2 Å². The second-order valence-electron chi connectivity index (χ2n) is 5.89. The first-order chi connectivity index (χ1) is 9.16. The number of amides is 1. The van der Waals surface area contributed by atoms with Gasteiger partial charge in [0.25, 0.3) is 0 Å². The van der Waals surface area contributed by atoms with Crippen LogP contribution in [0.3, 0.4) is 0 Å². The Labute approximate surface area is 114 Å². The molecule has 0 bridgehead atoms. The summed E-state index contributed by atoms with van der Waals surface area (Å²) in [4.78, 5) is 14.3. The van der Waals surface area contributed by atoms with E-state index >= 15 is 0 Å². The third-order valence-corrected chi connectivity index (χ3v) is 4.42. The van der Waals surface area contributed by atoms with Crippen molar-refractivity contribution in [3.63, 3.8) is 0 Å². The molecule has 1 amide bonds. The van der Waals surface area contributed by atoms with Gasteiger partial charge in [0.2, 0.25) is 5.91 Å². The Balaban J connectivity index is 1.60. The van der Waals surface area contributed by atoms with E-state index in [1.807, 2.05) is 4.90 Å². The summed E-state index contributed by atoms with van der Waals surface area (Å²) < 4.78 is 2.33. The molecule has 4 nitrogen and oxygen atoms in total. The Kier molecular flexibility index (Phi) is 3.35. The van der Waals surface area contributed by atoms with Crippen LogP contribution in [0.25, 0.3) is 0 Å². The molecule has 1 aromatic heterocycles. The zero-order valence-corrected chi connectivity index (χ0v) is 11.9. The molecule has 2 heterocycles. The quantitative estimate of drug-likeness (QED) is 0.895. The van der Waals surface area contributed by atoms with Crippen LogP contribution in [0.5, 0.6) is 0 Å². The summed E-state index contributed by atoms with van der Waals surface area (Å²) in [5, 5.41) is 3.30. The summed E-state index contributed by atoms with van der Waals surface area (Å²) in [5.41, 5.74) is 2.56. The van der Waals surface area contributed by atoms with E-state index in [9.17, 15) is 4.79 Å². The highest BCUT2D eigenvalue weighted by atomic mass is 16.2. The number of aryl methyl sites for hydroxylation is 1. The topological polar surface area (TPSA) is 37.3 Å². The van der Waals surface area contributed by atoms with Crippen molar-refractivity contribution in [3.8, 4) is 0 Å². The molecule has 1 N–H and O–H groups in total. The van der Waals surface area contributed by atoms with Gasteiger partial charge in [-0.05, 0) is 51.3 Å². The lowest BCUT2D eigenvalue weighted by Gasteiger charge is -2.35. The number of carbonyl (C=O) groups excluding carboxylic acids is 1. The first kappa shape index (κ1) is 12.7. The van der Waals surface area contributed by atoms with Crippen molar-refractivity contribution < 1.29 is 4.79 Å². The maximum absolute atomic E-state index is 12.3. The number of carbonyl (C=O) groups is 1. The van der Waals surface area contributed by atoms with Crippen LogP contribution in [0.4, 0.5) is 0 Å². The molecule has 4 heteroatoms. The number of rotatable bonds is 4. The van der Waals surface area contributed by atoms with Crippen LogP contribution in [0.2, 0.25) is 0 Å². The lowest BCUT2D eigenvalue weighted by atomic mass is 10.1. The van der Waals surface area contributed by atoms with Crippen molar-refractivity contribution in [3.05, 3.63) is 23.5 Å². The zero-order valence-electron chi connectivity index (χ0n) is 11.9.